The second-order valence-electron chi connectivity index (χ2n) is 6.18. The van der Waals surface area contributed by atoms with Crippen molar-refractivity contribution in [1.82, 2.24) is 10.2 Å². The molecule has 1 aromatic rings. The van der Waals surface area contributed by atoms with Gasteiger partial charge in [-0.3, -0.25) is 4.79 Å². The number of carbonyl (C=O) groups excluding carboxylic acids is 2. The molecule has 0 bridgehead atoms. The van der Waals surface area contributed by atoms with E-state index < -0.39 is 17.5 Å². The van der Waals surface area contributed by atoms with Gasteiger partial charge in [0.05, 0.1) is 11.6 Å². The fourth-order valence-electron chi connectivity index (χ4n) is 1.98. The van der Waals surface area contributed by atoms with E-state index >= 15 is 0 Å². The second kappa shape index (κ2) is 6.39. The number of amides is 2. The van der Waals surface area contributed by atoms with Gasteiger partial charge in [-0.1, -0.05) is 0 Å². The Morgan fingerprint density at radius 3 is 2.59 bits per heavy atom. The van der Waals surface area contributed by atoms with Gasteiger partial charge in [0, 0.05) is 16.7 Å². The van der Waals surface area contributed by atoms with Crippen LogP contribution in [0.5, 0.6) is 0 Å². The number of benzene rings is 1. The molecule has 7 heteroatoms. The average Bonchev–Trinajstić information content (AvgIpc) is 2.33. The van der Waals surface area contributed by atoms with Crippen molar-refractivity contribution in [3.63, 3.8) is 0 Å². The van der Waals surface area contributed by atoms with E-state index in [1.165, 1.54) is 17.0 Å². The van der Waals surface area contributed by atoms with Crippen LogP contribution in [0.4, 0.5) is 9.18 Å². The number of ether oxygens (including phenoxy) is 1. The third-order valence-corrected chi connectivity index (χ3v) is 3.98. The number of nitrogens with one attached hydrogen (secondary N) is 1. The zero-order valence-corrected chi connectivity index (χ0v) is 14.8. The summed E-state index contributed by atoms with van der Waals surface area (Å²) in [5.41, 5.74) is -0.236. The molecule has 0 atom stereocenters. The summed E-state index contributed by atoms with van der Waals surface area (Å²) < 4.78 is 19.1. The van der Waals surface area contributed by atoms with Crippen LogP contribution < -0.4 is 5.32 Å². The van der Waals surface area contributed by atoms with Crippen LogP contribution in [-0.4, -0.2) is 41.6 Å². The van der Waals surface area contributed by atoms with Crippen LogP contribution in [-0.2, 0) is 4.74 Å². The average molecular weight is 420 g/mol. The van der Waals surface area contributed by atoms with Gasteiger partial charge in [-0.05, 0) is 61.6 Å². The van der Waals surface area contributed by atoms with Crippen molar-refractivity contribution >= 4 is 34.6 Å². The first-order chi connectivity index (χ1) is 10.2. The minimum atomic E-state index is -0.539. The smallest absolute Gasteiger partial charge is 0.410 e. The molecule has 2 rings (SSSR count). The lowest BCUT2D eigenvalue weighted by atomic mass is 10.1. The normalized spacial score (nSPS) is 15.2. The molecule has 2 amide bonds. The standard InChI is InChI=1S/C15H18FIN2O3/c1-15(2,3)22-14(21)19-7-10(8-19)18-13(20)11-6-9(16)4-5-12(11)17/h4-6,10H,7-8H2,1-3H3,(H,18,20). The molecule has 0 saturated carbocycles. The molecule has 1 aromatic carbocycles. The van der Waals surface area contributed by atoms with Crippen molar-refractivity contribution in [2.24, 2.45) is 0 Å². The lowest BCUT2D eigenvalue weighted by Gasteiger charge is -2.40. The summed E-state index contributed by atoms with van der Waals surface area (Å²) >= 11 is 1.99. The monoisotopic (exact) mass is 420 g/mol. The van der Waals surface area contributed by atoms with Crippen molar-refractivity contribution < 1.29 is 18.7 Å². The molecule has 22 heavy (non-hydrogen) atoms. The SMILES string of the molecule is CC(C)(C)OC(=O)N1CC(NC(=O)c2cc(F)ccc2I)C1. The highest BCUT2D eigenvalue weighted by Crippen LogP contribution is 2.17. The van der Waals surface area contributed by atoms with E-state index in [9.17, 15) is 14.0 Å². The minimum absolute atomic E-state index is 0.140. The van der Waals surface area contributed by atoms with Crippen molar-refractivity contribution in [2.75, 3.05) is 13.1 Å². The van der Waals surface area contributed by atoms with Gasteiger partial charge in [0.15, 0.2) is 0 Å². The first-order valence-corrected chi connectivity index (χ1v) is 7.97. The van der Waals surface area contributed by atoms with Crippen molar-refractivity contribution in [3.8, 4) is 0 Å². The third-order valence-electron chi connectivity index (χ3n) is 3.04. The van der Waals surface area contributed by atoms with Crippen LogP contribution >= 0.6 is 22.6 Å². The number of nitrogens with zero attached hydrogens (tertiary/aromatic N) is 1. The molecule has 120 valence electrons. The Bertz CT molecular complexity index is 595. The quantitative estimate of drug-likeness (QED) is 0.749. The van der Waals surface area contributed by atoms with Crippen molar-refractivity contribution in [3.05, 3.63) is 33.1 Å². The third kappa shape index (κ3) is 4.31. The Labute approximate surface area is 142 Å². The second-order valence-corrected chi connectivity index (χ2v) is 7.34. The maximum atomic E-state index is 13.2. The summed E-state index contributed by atoms with van der Waals surface area (Å²) in [6.07, 6.45) is -0.390. The molecule has 0 aliphatic carbocycles. The summed E-state index contributed by atoms with van der Waals surface area (Å²) in [6.45, 7) is 6.20. The molecule has 1 N–H and O–H groups in total. The molecule has 1 heterocycles. The first kappa shape index (κ1) is 17.0. The van der Waals surface area contributed by atoms with Gasteiger partial charge < -0.3 is 15.0 Å². The molecule has 0 radical (unpaired) electrons. The number of hydrogen-bond acceptors (Lipinski definition) is 3. The molecule has 0 spiro atoms. The van der Waals surface area contributed by atoms with Gasteiger partial charge in [0.25, 0.3) is 5.91 Å². The van der Waals surface area contributed by atoms with Crippen LogP contribution in [0.15, 0.2) is 18.2 Å². The molecule has 1 fully saturated rings. The lowest BCUT2D eigenvalue weighted by molar-refractivity contribution is 0.00533. The zero-order valence-electron chi connectivity index (χ0n) is 12.7. The van der Waals surface area contributed by atoms with E-state index in [1.807, 2.05) is 22.6 Å². The van der Waals surface area contributed by atoms with Crippen molar-refractivity contribution in [1.29, 1.82) is 0 Å². The van der Waals surface area contributed by atoms with Gasteiger partial charge in [-0.25, -0.2) is 9.18 Å². The summed E-state index contributed by atoms with van der Waals surface area (Å²) in [5.74, 6) is -0.785. The highest BCUT2D eigenvalue weighted by Gasteiger charge is 2.34. The number of hydrogen-bond donors (Lipinski definition) is 1. The molecule has 5 nitrogen and oxygen atoms in total. The van der Waals surface area contributed by atoms with Crippen molar-refractivity contribution in [2.45, 2.75) is 32.4 Å². The Kier molecular flexibility index (Phi) is 4.93. The highest BCUT2D eigenvalue weighted by atomic mass is 127. The molecule has 1 saturated heterocycles. The number of carbonyl (C=O) groups is 2. The molecule has 0 unspecified atom stereocenters. The summed E-state index contributed by atoms with van der Waals surface area (Å²) in [7, 11) is 0. The fraction of sp³-hybridized carbons (Fsp3) is 0.467. The molecular formula is C15H18FIN2O3. The van der Waals surface area contributed by atoms with Crippen LogP contribution in [0.2, 0.25) is 0 Å². The molecular weight excluding hydrogens is 402 g/mol. The van der Waals surface area contributed by atoms with Crippen LogP contribution in [0.3, 0.4) is 0 Å². The number of halogens is 2. The maximum Gasteiger partial charge on any atom is 0.410 e. The van der Waals surface area contributed by atoms with Crippen LogP contribution in [0, 0.1) is 9.39 Å². The predicted octanol–water partition coefficient (Wildman–Crippen LogP) is 2.78. The zero-order chi connectivity index (χ0) is 16.5. The van der Waals surface area contributed by atoms with Gasteiger partial charge in [-0.15, -0.1) is 0 Å². The molecule has 0 aromatic heterocycles. The number of rotatable bonds is 2. The minimum Gasteiger partial charge on any atom is -0.444 e. The summed E-state index contributed by atoms with van der Waals surface area (Å²) in [6, 6.07) is 3.94. The lowest BCUT2D eigenvalue weighted by Crippen LogP contribution is -2.61. The van der Waals surface area contributed by atoms with E-state index in [2.05, 4.69) is 5.32 Å². The van der Waals surface area contributed by atoms with Crippen LogP contribution in [0.25, 0.3) is 0 Å². The fourth-order valence-corrected chi connectivity index (χ4v) is 2.56. The Balaban J connectivity index is 1.86. The van der Waals surface area contributed by atoms with E-state index in [1.54, 1.807) is 26.8 Å². The Hall–Kier alpha value is -1.38. The predicted molar refractivity (Wildman–Crippen MR) is 88.2 cm³/mol. The van der Waals surface area contributed by atoms with Gasteiger partial charge in [0.1, 0.15) is 11.4 Å². The van der Waals surface area contributed by atoms with E-state index in [4.69, 9.17) is 4.74 Å². The van der Waals surface area contributed by atoms with Gasteiger partial charge in [-0.2, -0.15) is 0 Å². The van der Waals surface area contributed by atoms with E-state index in [0.29, 0.717) is 22.2 Å². The summed E-state index contributed by atoms with van der Waals surface area (Å²) in [5, 5.41) is 2.79. The Morgan fingerprint density at radius 1 is 1.36 bits per heavy atom. The van der Waals surface area contributed by atoms with Gasteiger partial charge >= 0.3 is 6.09 Å². The van der Waals surface area contributed by atoms with Gasteiger partial charge in [0.2, 0.25) is 0 Å². The van der Waals surface area contributed by atoms with Crippen LogP contribution in [0.1, 0.15) is 31.1 Å². The summed E-state index contributed by atoms with van der Waals surface area (Å²) in [4.78, 5) is 25.4. The first-order valence-electron chi connectivity index (χ1n) is 6.89. The molecule has 1 aliphatic rings. The molecule has 1 aliphatic heterocycles. The largest absolute Gasteiger partial charge is 0.444 e. The Morgan fingerprint density at radius 2 is 2.00 bits per heavy atom. The van der Waals surface area contributed by atoms with E-state index in [0.717, 1.165) is 0 Å². The highest BCUT2D eigenvalue weighted by molar-refractivity contribution is 14.1. The number of likely N-dealkylation sites (tertiary alicyclic amines) is 1. The topological polar surface area (TPSA) is 58.6 Å². The maximum absolute atomic E-state index is 13.2. The van der Waals surface area contributed by atoms with E-state index in [-0.39, 0.29) is 11.9 Å².